The average molecular weight is 438 g/mol. The highest BCUT2D eigenvalue weighted by Gasteiger charge is 2.51. The highest BCUT2D eigenvalue weighted by Crippen LogP contribution is 2.55. The first-order valence-electron chi connectivity index (χ1n) is 12.7. The summed E-state index contributed by atoms with van der Waals surface area (Å²) in [6.07, 6.45) is 9.35. The normalized spacial score (nSPS) is 36.3. The highest BCUT2D eigenvalue weighted by atomic mass is 16.6. The first-order valence-corrected chi connectivity index (χ1v) is 12.7. The number of carboxylic acids is 1. The zero-order chi connectivity index (χ0) is 22.0. The molecule has 1 heterocycles. The molecule has 5 aliphatic carbocycles. The molecule has 5 heteroatoms. The number of hydrogen-bond acceptors (Lipinski definition) is 3. The van der Waals surface area contributed by atoms with Crippen LogP contribution in [0.1, 0.15) is 80.4 Å². The Kier molecular flexibility index (Phi) is 4.82. The van der Waals surface area contributed by atoms with Crippen molar-refractivity contribution in [1.29, 1.82) is 0 Å². The van der Waals surface area contributed by atoms with Crippen LogP contribution in [0.15, 0.2) is 18.2 Å². The molecule has 5 nitrogen and oxygen atoms in total. The Morgan fingerprint density at radius 3 is 2.34 bits per heavy atom. The van der Waals surface area contributed by atoms with Gasteiger partial charge in [-0.15, -0.1) is 0 Å². The SMILES string of the molecule is Cc1ccc2c(c1)C1(CCN(C(=O)OC3C4CC5CC(C4)CC3C5)CC1)CC2CC(=O)O. The summed E-state index contributed by atoms with van der Waals surface area (Å²) in [6.45, 7) is 3.52. The maximum absolute atomic E-state index is 13.1. The van der Waals surface area contributed by atoms with Crippen molar-refractivity contribution in [2.75, 3.05) is 13.1 Å². The molecular weight excluding hydrogens is 402 g/mol. The Bertz CT molecular complexity index is 904. The summed E-state index contributed by atoms with van der Waals surface area (Å²) in [5.41, 5.74) is 3.77. The van der Waals surface area contributed by atoms with Crippen LogP contribution in [0.25, 0.3) is 0 Å². The van der Waals surface area contributed by atoms with Crippen LogP contribution in [-0.2, 0) is 14.9 Å². The van der Waals surface area contributed by atoms with Gasteiger partial charge in [-0.2, -0.15) is 0 Å². The van der Waals surface area contributed by atoms with Gasteiger partial charge in [0, 0.05) is 13.1 Å². The van der Waals surface area contributed by atoms with Crippen LogP contribution in [0.3, 0.4) is 0 Å². The maximum Gasteiger partial charge on any atom is 0.410 e. The monoisotopic (exact) mass is 437 g/mol. The molecule has 32 heavy (non-hydrogen) atoms. The minimum absolute atomic E-state index is 0.000867. The van der Waals surface area contributed by atoms with Crippen molar-refractivity contribution in [3.63, 3.8) is 0 Å². The molecule has 1 saturated heterocycles. The van der Waals surface area contributed by atoms with Crippen LogP contribution >= 0.6 is 0 Å². The van der Waals surface area contributed by atoms with Gasteiger partial charge in [0.25, 0.3) is 0 Å². The Morgan fingerprint density at radius 2 is 1.72 bits per heavy atom. The number of aliphatic carboxylic acids is 1. The number of aryl methyl sites for hydroxylation is 1. The molecule has 1 spiro atoms. The van der Waals surface area contributed by atoms with Gasteiger partial charge in [-0.05, 0) is 104 Å². The number of carbonyl (C=O) groups excluding carboxylic acids is 1. The molecule has 4 bridgehead atoms. The first kappa shape index (κ1) is 20.6. The molecule has 1 atom stereocenters. The molecule has 0 radical (unpaired) electrons. The number of ether oxygens (including phenoxy) is 1. The lowest BCUT2D eigenvalue weighted by molar-refractivity contribution is -0.137. The third-order valence-corrected chi connectivity index (χ3v) is 9.63. The van der Waals surface area contributed by atoms with Gasteiger partial charge in [-0.3, -0.25) is 4.79 Å². The summed E-state index contributed by atoms with van der Waals surface area (Å²) in [4.78, 5) is 26.5. The van der Waals surface area contributed by atoms with E-state index in [1.807, 2.05) is 4.90 Å². The summed E-state index contributed by atoms with van der Waals surface area (Å²) < 4.78 is 6.19. The molecule has 1 N–H and O–H groups in total. The minimum Gasteiger partial charge on any atom is -0.481 e. The molecular formula is C27H35NO4. The van der Waals surface area contributed by atoms with Gasteiger partial charge in [-0.1, -0.05) is 23.8 Å². The zero-order valence-electron chi connectivity index (χ0n) is 19.1. The van der Waals surface area contributed by atoms with E-state index in [2.05, 4.69) is 25.1 Å². The smallest absolute Gasteiger partial charge is 0.410 e. The quantitative estimate of drug-likeness (QED) is 0.701. The van der Waals surface area contributed by atoms with E-state index < -0.39 is 5.97 Å². The fourth-order valence-corrected chi connectivity index (χ4v) is 8.42. The number of nitrogens with zero attached hydrogens (tertiary/aromatic N) is 1. The van der Waals surface area contributed by atoms with Gasteiger partial charge >= 0.3 is 12.1 Å². The first-order chi connectivity index (χ1) is 15.4. The van der Waals surface area contributed by atoms with E-state index in [4.69, 9.17) is 4.74 Å². The van der Waals surface area contributed by atoms with Crippen molar-refractivity contribution in [3.8, 4) is 0 Å². The largest absolute Gasteiger partial charge is 0.481 e. The van der Waals surface area contributed by atoms with Gasteiger partial charge in [0.1, 0.15) is 6.10 Å². The number of piperidine rings is 1. The summed E-state index contributed by atoms with van der Waals surface area (Å²) in [5.74, 6) is 2.30. The molecule has 4 saturated carbocycles. The van der Waals surface area contributed by atoms with Crippen LogP contribution < -0.4 is 0 Å². The van der Waals surface area contributed by atoms with E-state index in [0.717, 1.165) is 31.1 Å². The standard InChI is InChI=1S/C27H35NO4/c1-16-2-3-22-21(14-24(29)30)15-27(23(22)8-16)4-6-28(7-5-27)26(31)32-25-19-10-17-9-18(12-19)13-20(25)11-17/h2-3,8,17-21,25H,4-7,9-15H2,1H3,(H,29,30). The second kappa shape index (κ2) is 7.50. The van der Waals surface area contributed by atoms with Crippen molar-refractivity contribution in [1.82, 2.24) is 4.90 Å². The number of fused-ring (bicyclic) bond motifs is 2. The maximum atomic E-state index is 13.1. The summed E-state index contributed by atoms with van der Waals surface area (Å²) >= 11 is 0. The van der Waals surface area contributed by atoms with Crippen LogP contribution in [-0.4, -0.2) is 41.3 Å². The molecule has 172 valence electrons. The Labute approximate surface area is 190 Å². The third-order valence-electron chi connectivity index (χ3n) is 9.63. The second-order valence-corrected chi connectivity index (χ2v) is 11.6. The fourth-order valence-electron chi connectivity index (χ4n) is 8.42. The Morgan fingerprint density at radius 1 is 1.06 bits per heavy atom. The van der Waals surface area contributed by atoms with Crippen molar-refractivity contribution < 1.29 is 19.4 Å². The predicted octanol–water partition coefficient (Wildman–Crippen LogP) is 5.25. The van der Waals surface area contributed by atoms with Crippen LogP contribution in [0.2, 0.25) is 0 Å². The molecule has 1 unspecified atom stereocenters. The summed E-state index contributed by atoms with van der Waals surface area (Å²) in [7, 11) is 0. The summed E-state index contributed by atoms with van der Waals surface area (Å²) in [6, 6.07) is 6.50. The molecule has 1 aliphatic heterocycles. The number of carbonyl (C=O) groups is 2. The number of likely N-dealkylation sites (tertiary alicyclic amines) is 1. The van der Waals surface area contributed by atoms with Crippen LogP contribution in [0.4, 0.5) is 4.79 Å². The van der Waals surface area contributed by atoms with Crippen LogP contribution in [0.5, 0.6) is 0 Å². The minimum atomic E-state index is -0.727. The van der Waals surface area contributed by atoms with E-state index in [0.29, 0.717) is 24.9 Å². The van der Waals surface area contributed by atoms with E-state index in [9.17, 15) is 14.7 Å². The number of benzene rings is 1. The van der Waals surface area contributed by atoms with Gasteiger partial charge < -0.3 is 14.7 Å². The molecule has 1 aromatic carbocycles. The predicted molar refractivity (Wildman–Crippen MR) is 121 cm³/mol. The topological polar surface area (TPSA) is 66.8 Å². The van der Waals surface area contributed by atoms with Gasteiger partial charge in [0.2, 0.25) is 0 Å². The third kappa shape index (κ3) is 3.34. The highest BCUT2D eigenvalue weighted by molar-refractivity contribution is 5.69. The molecule has 0 aromatic heterocycles. The lowest BCUT2D eigenvalue weighted by Gasteiger charge is -2.53. The van der Waals surface area contributed by atoms with E-state index in [1.165, 1.54) is 48.8 Å². The van der Waals surface area contributed by atoms with Gasteiger partial charge in [0.05, 0.1) is 6.42 Å². The number of rotatable bonds is 3. The van der Waals surface area contributed by atoms with Crippen molar-refractivity contribution in [3.05, 3.63) is 34.9 Å². The molecule has 6 aliphatic rings. The molecule has 1 amide bonds. The van der Waals surface area contributed by atoms with E-state index >= 15 is 0 Å². The van der Waals surface area contributed by atoms with Crippen molar-refractivity contribution in [2.45, 2.75) is 82.1 Å². The Hall–Kier alpha value is -2.04. The molecule has 5 fully saturated rings. The Balaban J connectivity index is 1.14. The average Bonchev–Trinajstić information content (AvgIpc) is 3.02. The van der Waals surface area contributed by atoms with Crippen LogP contribution in [0, 0.1) is 30.6 Å². The van der Waals surface area contributed by atoms with Crippen molar-refractivity contribution in [2.24, 2.45) is 23.7 Å². The summed E-state index contributed by atoms with van der Waals surface area (Å²) in [5, 5.41) is 9.43. The number of carboxylic acid groups (broad SMARTS) is 1. The fraction of sp³-hybridized carbons (Fsp3) is 0.704. The molecule has 1 aromatic rings. The van der Waals surface area contributed by atoms with E-state index in [-0.39, 0.29) is 30.0 Å². The number of amides is 1. The van der Waals surface area contributed by atoms with Gasteiger partial charge in [0.15, 0.2) is 0 Å². The lowest BCUT2D eigenvalue weighted by atomic mass is 9.55. The van der Waals surface area contributed by atoms with E-state index in [1.54, 1.807) is 0 Å². The second-order valence-electron chi connectivity index (χ2n) is 11.6. The zero-order valence-corrected chi connectivity index (χ0v) is 19.1. The van der Waals surface area contributed by atoms with Crippen molar-refractivity contribution >= 4 is 12.1 Å². The number of hydrogen-bond donors (Lipinski definition) is 1. The van der Waals surface area contributed by atoms with Gasteiger partial charge in [-0.25, -0.2) is 4.79 Å². The molecule has 7 rings (SSSR count). The lowest BCUT2D eigenvalue weighted by Crippen LogP contribution is -2.52.